The van der Waals surface area contributed by atoms with Gasteiger partial charge in [-0.05, 0) is 62.9 Å². The molecule has 1 aromatic rings. The standard InChI is InChI=1S/C20H31FN2O2/c1-3-17-8-5-6-14-23(17)15-7-13-22-20(24)19(4-2)25-18-11-9-16(21)10-12-18/h9-12,17,19H,3-8,13-15H2,1-2H3,(H,22,24)/t17-,19-/m0/s1. The molecule has 1 aromatic carbocycles. The van der Waals surface area contributed by atoms with Gasteiger partial charge in [-0.25, -0.2) is 4.39 Å². The second-order valence-electron chi connectivity index (χ2n) is 6.71. The van der Waals surface area contributed by atoms with Crippen molar-refractivity contribution >= 4 is 5.91 Å². The third kappa shape index (κ3) is 6.31. The first kappa shape index (κ1) is 19.7. The lowest BCUT2D eigenvalue weighted by Crippen LogP contribution is -2.42. The van der Waals surface area contributed by atoms with Gasteiger partial charge in [0.2, 0.25) is 0 Å². The van der Waals surface area contributed by atoms with Gasteiger partial charge in [0.15, 0.2) is 6.10 Å². The Bertz CT molecular complexity index is 521. The number of benzene rings is 1. The number of halogens is 1. The quantitative estimate of drug-likeness (QED) is 0.690. The van der Waals surface area contributed by atoms with Gasteiger partial charge in [-0.15, -0.1) is 0 Å². The zero-order chi connectivity index (χ0) is 18.1. The summed E-state index contributed by atoms with van der Waals surface area (Å²) in [6.45, 7) is 7.04. The fourth-order valence-corrected chi connectivity index (χ4v) is 3.42. The third-order valence-electron chi connectivity index (χ3n) is 4.90. The molecule has 0 bridgehead atoms. The van der Waals surface area contributed by atoms with E-state index in [2.05, 4.69) is 17.1 Å². The number of hydrogen-bond acceptors (Lipinski definition) is 3. The number of likely N-dealkylation sites (tertiary alicyclic amines) is 1. The highest BCUT2D eigenvalue weighted by Crippen LogP contribution is 2.19. The Morgan fingerprint density at radius 2 is 2.08 bits per heavy atom. The van der Waals surface area contributed by atoms with Crippen LogP contribution in [-0.4, -0.2) is 42.6 Å². The maximum absolute atomic E-state index is 12.9. The van der Waals surface area contributed by atoms with E-state index in [9.17, 15) is 9.18 Å². The molecule has 1 amide bonds. The lowest BCUT2D eigenvalue weighted by molar-refractivity contribution is -0.128. The van der Waals surface area contributed by atoms with E-state index in [-0.39, 0.29) is 11.7 Å². The third-order valence-corrected chi connectivity index (χ3v) is 4.90. The number of nitrogens with zero attached hydrogens (tertiary/aromatic N) is 1. The van der Waals surface area contributed by atoms with Crippen molar-refractivity contribution in [3.8, 4) is 5.75 Å². The molecule has 0 radical (unpaired) electrons. The predicted molar refractivity (Wildman–Crippen MR) is 98.2 cm³/mol. The summed E-state index contributed by atoms with van der Waals surface area (Å²) in [5.41, 5.74) is 0. The zero-order valence-corrected chi connectivity index (χ0v) is 15.5. The van der Waals surface area contributed by atoms with Crippen molar-refractivity contribution in [3.63, 3.8) is 0 Å². The molecule has 140 valence electrons. The first-order valence-electron chi connectivity index (χ1n) is 9.58. The van der Waals surface area contributed by atoms with Gasteiger partial charge in [0.25, 0.3) is 5.91 Å². The number of carbonyl (C=O) groups is 1. The Labute approximate surface area is 150 Å². The molecule has 0 aromatic heterocycles. The van der Waals surface area contributed by atoms with E-state index in [4.69, 9.17) is 4.74 Å². The van der Waals surface area contributed by atoms with Crippen molar-refractivity contribution in [2.24, 2.45) is 0 Å². The Morgan fingerprint density at radius 1 is 1.32 bits per heavy atom. The van der Waals surface area contributed by atoms with Gasteiger partial charge in [0.05, 0.1) is 0 Å². The molecule has 1 fully saturated rings. The van der Waals surface area contributed by atoms with Gasteiger partial charge in [0, 0.05) is 19.1 Å². The van der Waals surface area contributed by atoms with Crippen LogP contribution in [0, 0.1) is 5.82 Å². The van der Waals surface area contributed by atoms with Gasteiger partial charge < -0.3 is 15.0 Å². The zero-order valence-electron chi connectivity index (χ0n) is 15.5. The maximum Gasteiger partial charge on any atom is 0.261 e. The van der Waals surface area contributed by atoms with Crippen molar-refractivity contribution in [2.75, 3.05) is 19.6 Å². The largest absolute Gasteiger partial charge is 0.481 e. The van der Waals surface area contributed by atoms with Crippen LogP contribution in [0.5, 0.6) is 5.75 Å². The molecule has 25 heavy (non-hydrogen) atoms. The molecular weight excluding hydrogens is 319 g/mol. The molecule has 5 heteroatoms. The molecule has 1 aliphatic heterocycles. The SMILES string of the molecule is CC[C@H]1CCCCN1CCCNC(=O)[C@H](CC)Oc1ccc(F)cc1. The summed E-state index contributed by atoms with van der Waals surface area (Å²) < 4.78 is 18.6. The van der Waals surface area contributed by atoms with Crippen LogP contribution in [0.2, 0.25) is 0 Å². The Kier molecular flexibility index (Phi) is 8.19. The van der Waals surface area contributed by atoms with Crippen molar-refractivity contribution in [3.05, 3.63) is 30.1 Å². The highest BCUT2D eigenvalue weighted by Gasteiger charge is 2.21. The van der Waals surface area contributed by atoms with Crippen molar-refractivity contribution in [1.29, 1.82) is 0 Å². The monoisotopic (exact) mass is 350 g/mol. The van der Waals surface area contributed by atoms with Gasteiger partial charge in [0.1, 0.15) is 11.6 Å². The summed E-state index contributed by atoms with van der Waals surface area (Å²) in [6.07, 6.45) is 6.12. The van der Waals surface area contributed by atoms with Gasteiger partial charge in [-0.1, -0.05) is 20.3 Å². The summed E-state index contributed by atoms with van der Waals surface area (Å²) in [5.74, 6) is 0.105. The van der Waals surface area contributed by atoms with Crippen LogP contribution in [0.1, 0.15) is 52.4 Å². The lowest BCUT2D eigenvalue weighted by Gasteiger charge is -2.35. The van der Waals surface area contributed by atoms with E-state index < -0.39 is 6.10 Å². The Morgan fingerprint density at radius 3 is 2.76 bits per heavy atom. The fourth-order valence-electron chi connectivity index (χ4n) is 3.42. The molecular formula is C20H31FN2O2. The fraction of sp³-hybridized carbons (Fsp3) is 0.650. The van der Waals surface area contributed by atoms with Crippen LogP contribution >= 0.6 is 0 Å². The van der Waals surface area contributed by atoms with Crippen LogP contribution in [0.25, 0.3) is 0 Å². The molecule has 2 rings (SSSR count). The first-order valence-corrected chi connectivity index (χ1v) is 9.58. The van der Waals surface area contributed by atoms with E-state index in [1.54, 1.807) is 12.1 Å². The first-order chi connectivity index (χ1) is 12.1. The number of carbonyl (C=O) groups excluding carboxylic acids is 1. The normalized spacial score (nSPS) is 19.4. The van der Waals surface area contributed by atoms with Crippen molar-refractivity contribution < 1.29 is 13.9 Å². The minimum atomic E-state index is -0.538. The summed E-state index contributed by atoms with van der Waals surface area (Å²) >= 11 is 0. The minimum Gasteiger partial charge on any atom is -0.481 e. The molecule has 1 N–H and O–H groups in total. The van der Waals surface area contributed by atoms with Crippen LogP contribution in [0.15, 0.2) is 24.3 Å². The summed E-state index contributed by atoms with van der Waals surface area (Å²) in [6, 6.07) is 6.47. The second-order valence-corrected chi connectivity index (χ2v) is 6.71. The molecule has 2 atom stereocenters. The van der Waals surface area contributed by atoms with Crippen molar-refractivity contribution in [1.82, 2.24) is 10.2 Å². The van der Waals surface area contributed by atoms with Crippen LogP contribution in [0.4, 0.5) is 4.39 Å². The summed E-state index contributed by atoms with van der Waals surface area (Å²) in [5, 5.41) is 2.97. The maximum atomic E-state index is 12.9. The predicted octanol–water partition coefficient (Wildman–Crippen LogP) is 3.75. The molecule has 1 heterocycles. The molecule has 1 saturated heterocycles. The van der Waals surface area contributed by atoms with Gasteiger partial charge >= 0.3 is 0 Å². The number of hydrogen-bond donors (Lipinski definition) is 1. The summed E-state index contributed by atoms with van der Waals surface area (Å²) in [4.78, 5) is 14.9. The van der Waals surface area contributed by atoms with Crippen LogP contribution in [0.3, 0.4) is 0 Å². The molecule has 0 unspecified atom stereocenters. The second kappa shape index (κ2) is 10.4. The van der Waals surface area contributed by atoms with E-state index in [1.807, 2.05) is 6.92 Å². The number of amides is 1. The van der Waals surface area contributed by atoms with E-state index in [0.717, 1.165) is 13.0 Å². The molecule has 4 nitrogen and oxygen atoms in total. The van der Waals surface area contributed by atoms with E-state index in [0.29, 0.717) is 24.8 Å². The molecule has 0 saturated carbocycles. The minimum absolute atomic E-state index is 0.0995. The Hall–Kier alpha value is -1.62. The number of nitrogens with one attached hydrogen (secondary N) is 1. The molecule has 0 spiro atoms. The van der Waals surface area contributed by atoms with Crippen molar-refractivity contribution in [2.45, 2.75) is 64.5 Å². The van der Waals surface area contributed by atoms with E-state index >= 15 is 0 Å². The Balaban J connectivity index is 1.71. The van der Waals surface area contributed by atoms with Gasteiger partial charge in [-0.3, -0.25) is 4.79 Å². The average molecular weight is 350 g/mol. The topological polar surface area (TPSA) is 41.6 Å². The summed E-state index contributed by atoms with van der Waals surface area (Å²) in [7, 11) is 0. The molecule has 0 aliphatic carbocycles. The highest BCUT2D eigenvalue weighted by molar-refractivity contribution is 5.81. The number of rotatable bonds is 9. The smallest absolute Gasteiger partial charge is 0.261 e. The number of ether oxygens (including phenoxy) is 1. The number of piperidine rings is 1. The van der Waals surface area contributed by atoms with E-state index in [1.165, 1.54) is 44.4 Å². The molecule has 1 aliphatic rings. The highest BCUT2D eigenvalue weighted by atomic mass is 19.1. The van der Waals surface area contributed by atoms with Crippen LogP contribution in [-0.2, 0) is 4.79 Å². The lowest BCUT2D eigenvalue weighted by atomic mass is 10.00. The van der Waals surface area contributed by atoms with Crippen LogP contribution < -0.4 is 10.1 Å². The van der Waals surface area contributed by atoms with Gasteiger partial charge in [-0.2, -0.15) is 0 Å². The average Bonchev–Trinajstić information content (AvgIpc) is 2.64.